The van der Waals surface area contributed by atoms with Crippen LogP contribution in [-0.4, -0.2) is 36.0 Å². The van der Waals surface area contributed by atoms with E-state index in [0.717, 1.165) is 30.3 Å². The van der Waals surface area contributed by atoms with E-state index in [9.17, 15) is 4.79 Å². The number of rotatable bonds is 7. The van der Waals surface area contributed by atoms with Crippen LogP contribution >= 0.6 is 11.8 Å². The van der Waals surface area contributed by atoms with Crippen LogP contribution in [0.1, 0.15) is 25.3 Å². The maximum absolute atomic E-state index is 11.5. The van der Waals surface area contributed by atoms with Gasteiger partial charge in [0.25, 0.3) is 0 Å². The van der Waals surface area contributed by atoms with Crippen LogP contribution < -0.4 is 10.6 Å². The number of hydrogen-bond donors (Lipinski definition) is 2. The van der Waals surface area contributed by atoms with Crippen molar-refractivity contribution < 1.29 is 4.79 Å². The van der Waals surface area contributed by atoms with Gasteiger partial charge >= 0.3 is 0 Å². The lowest BCUT2D eigenvalue weighted by Crippen LogP contribution is -2.29. The number of thioether (sulfide) groups is 1. The molecule has 1 aromatic rings. The fourth-order valence-corrected chi connectivity index (χ4v) is 3.14. The van der Waals surface area contributed by atoms with Gasteiger partial charge in [-0.3, -0.25) is 9.79 Å². The molecule has 1 aromatic carbocycles. The molecule has 1 unspecified atom stereocenters. The summed E-state index contributed by atoms with van der Waals surface area (Å²) in [6.07, 6.45) is 2.46. The molecule has 1 aliphatic rings. The van der Waals surface area contributed by atoms with Gasteiger partial charge in [0, 0.05) is 24.8 Å². The molecule has 2 N–H and O–H groups in total. The third-order valence-corrected chi connectivity index (χ3v) is 4.33. The minimum atomic E-state index is 0.0880. The Bertz CT molecular complexity index is 476. The van der Waals surface area contributed by atoms with Gasteiger partial charge in [0.05, 0.1) is 6.54 Å². The molecule has 114 valence electrons. The molecule has 1 aliphatic heterocycles. The van der Waals surface area contributed by atoms with Crippen molar-refractivity contribution in [2.45, 2.75) is 32.2 Å². The summed E-state index contributed by atoms with van der Waals surface area (Å²) in [5.74, 6) is 1.13. The Morgan fingerprint density at radius 1 is 1.43 bits per heavy atom. The predicted molar refractivity (Wildman–Crippen MR) is 89.7 cm³/mol. The van der Waals surface area contributed by atoms with E-state index in [-0.39, 0.29) is 5.91 Å². The molecule has 21 heavy (non-hydrogen) atoms. The summed E-state index contributed by atoms with van der Waals surface area (Å²) in [6.45, 7) is 3.36. The van der Waals surface area contributed by atoms with E-state index in [1.807, 2.05) is 13.0 Å². The molecule has 5 heteroatoms. The average Bonchev–Trinajstić information content (AvgIpc) is 2.93. The van der Waals surface area contributed by atoms with E-state index >= 15 is 0 Å². The standard InChI is InChI=1S/C16H23N3OS/c1-2-9-17-15(20)8-10-18-16-19-14(12-21-16)11-13-6-4-3-5-7-13/h3-7,14H,2,8-12H2,1H3,(H,17,20)(H,18,19). The molecule has 2 rings (SSSR count). The molecule has 1 saturated heterocycles. The summed E-state index contributed by atoms with van der Waals surface area (Å²) >= 11 is 1.75. The summed E-state index contributed by atoms with van der Waals surface area (Å²) in [6, 6.07) is 10.9. The number of amides is 1. The molecule has 0 radical (unpaired) electrons. The number of hydrogen-bond acceptors (Lipinski definition) is 3. The minimum absolute atomic E-state index is 0.0880. The fraction of sp³-hybridized carbons (Fsp3) is 0.500. The fourth-order valence-electron chi connectivity index (χ4n) is 2.15. The molecular formula is C16H23N3OS. The molecular weight excluding hydrogens is 282 g/mol. The van der Waals surface area contributed by atoms with E-state index in [0.29, 0.717) is 19.0 Å². The molecule has 0 aliphatic carbocycles. The zero-order chi connectivity index (χ0) is 14.9. The van der Waals surface area contributed by atoms with Gasteiger partial charge in [-0.05, 0) is 18.4 Å². The van der Waals surface area contributed by atoms with Crippen LogP contribution in [-0.2, 0) is 11.2 Å². The Labute approximate surface area is 130 Å². The minimum Gasteiger partial charge on any atom is -0.361 e. The largest absolute Gasteiger partial charge is 0.361 e. The highest BCUT2D eigenvalue weighted by molar-refractivity contribution is 8.14. The van der Waals surface area contributed by atoms with Crippen molar-refractivity contribution in [3.8, 4) is 0 Å². The van der Waals surface area contributed by atoms with Gasteiger partial charge in [0.15, 0.2) is 5.17 Å². The molecule has 0 saturated carbocycles. The van der Waals surface area contributed by atoms with Crippen molar-refractivity contribution in [2.24, 2.45) is 4.99 Å². The highest BCUT2D eigenvalue weighted by Crippen LogP contribution is 2.17. The zero-order valence-corrected chi connectivity index (χ0v) is 13.3. The first-order valence-corrected chi connectivity index (χ1v) is 8.51. The predicted octanol–water partition coefficient (Wildman–Crippen LogP) is 2.21. The van der Waals surface area contributed by atoms with E-state index in [4.69, 9.17) is 0 Å². The van der Waals surface area contributed by atoms with Gasteiger partial charge in [-0.2, -0.15) is 0 Å². The van der Waals surface area contributed by atoms with Crippen molar-refractivity contribution in [2.75, 3.05) is 18.8 Å². The summed E-state index contributed by atoms with van der Waals surface area (Å²) in [5, 5.41) is 7.27. The third-order valence-electron chi connectivity index (χ3n) is 3.24. The van der Waals surface area contributed by atoms with Crippen molar-refractivity contribution in [1.82, 2.24) is 10.6 Å². The lowest BCUT2D eigenvalue weighted by atomic mass is 10.1. The molecule has 0 bridgehead atoms. The summed E-state index contributed by atoms with van der Waals surface area (Å²) in [5.41, 5.74) is 1.34. The molecule has 4 nitrogen and oxygen atoms in total. The van der Waals surface area contributed by atoms with Crippen LogP contribution in [0.4, 0.5) is 0 Å². The van der Waals surface area contributed by atoms with Gasteiger partial charge in [0.2, 0.25) is 5.91 Å². The number of benzene rings is 1. The van der Waals surface area contributed by atoms with E-state index in [2.05, 4.69) is 39.9 Å². The van der Waals surface area contributed by atoms with Crippen LogP contribution in [0.25, 0.3) is 0 Å². The van der Waals surface area contributed by atoms with Gasteiger partial charge < -0.3 is 10.6 Å². The van der Waals surface area contributed by atoms with Crippen molar-refractivity contribution in [1.29, 1.82) is 0 Å². The second kappa shape index (κ2) is 8.72. The normalized spacial score (nSPS) is 19.5. The average molecular weight is 305 g/mol. The molecule has 1 fully saturated rings. The van der Waals surface area contributed by atoms with Crippen molar-refractivity contribution >= 4 is 22.8 Å². The van der Waals surface area contributed by atoms with E-state index in [1.165, 1.54) is 5.56 Å². The maximum atomic E-state index is 11.5. The highest BCUT2D eigenvalue weighted by atomic mass is 32.2. The van der Waals surface area contributed by atoms with E-state index in [1.54, 1.807) is 11.8 Å². The lowest BCUT2D eigenvalue weighted by Gasteiger charge is -2.09. The summed E-state index contributed by atoms with van der Waals surface area (Å²) in [4.78, 5) is 15.9. The summed E-state index contributed by atoms with van der Waals surface area (Å²) < 4.78 is 0. The number of aliphatic imine (C=N–C) groups is 1. The Hall–Kier alpha value is -1.49. The Balaban J connectivity index is 1.69. The molecule has 0 spiro atoms. The lowest BCUT2D eigenvalue weighted by molar-refractivity contribution is -0.120. The third kappa shape index (κ3) is 5.79. The highest BCUT2D eigenvalue weighted by Gasteiger charge is 2.20. The summed E-state index contributed by atoms with van der Waals surface area (Å²) in [7, 11) is 0. The van der Waals surface area contributed by atoms with Crippen LogP contribution in [0.15, 0.2) is 35.3 Å². The first kappa shape index (κ1) is 15.9. The van der Waals surface area contributed by atoms with Crippen molar-refractivity contribution in [3.05, 3.63) is 35.9 Å². The second-order valence-electron chi connectivity index (χ2n) is 5.13. The number of carbonyl (C=O) groups excluding carboxylic acids is 1. The molecule has 1 amide bonds. The first-order chi connectivity index (χ1) is 10.3. The van der Waals surface area contributed by atoms with E-state index < -0.39 is 0 Å². The monoisotopic (exact) mass is 305 g/mol. The number of nitrogens with zero attached hydrogens (tertiary/aromatic N) is 1. The second-order valence-corrected chi connectivity index (χ2v) is 6.14. The van der Waals surface area contributed by atoms with Gasteiger partial charge in [0.1, 0.15) is 0 Å². The number of nitrogens with one attached hydrogen (secondary N) is 2. The smallest absolute Gasteiger partial charge is 0.221 e. The van der Waals surface area contributed by atoms with Crippen molar-refractivity contribution in [3.63, 3.8) is 0 Å². The van der Waals surface area contributed by atoms with Gasteiger partial charge in [-0.1, -0.05) is 49.0 Å². The van der Waals surface area contributed by atoms with Crippen LogP contribution in [0, 0.1) is 0 Å². The molecule has 1 atom stereocenters. The van der Waals surface area contributed by atoms with Crippen LogP contribution in [0.2, 0.25) is 0 Å². The Kier molecular flexibility index (Phi) is 6.60. The van der Waals surface area contributed by atoms with Gasteiger partial charge in [-0.15, -0.1) is 0 Å². The quantitative estimate of drug-likeness (QED) is 0.812. The zero-order valence-electron chi connectivity index (χ0n) is 12.5. The van der Waals surface area contributed by atoms with Crippen LogP contribution in [0.5, 0.6) is 0 Å². The first-order valence-electron chi connectivity index (χ1n) is 7.52. The van der Waals surface area contributed by atoms with Crippen LogP contribution in [0.3, 0.4) is 0 Å². The Morgan fingerprint density at radius 2 is 2.24 bits per heavy atom. The molecule has 0 aromatic heterocycles. The number of carbonyl (C=O) groups is 1. The SMILES string of the molecule is CCCNC(=O)CCN=C1NC(Cc2ccccc2)CS1. The Morgan fingerprint density at radius 3 is 3.00 bits per heavy atom. The maximum Gasteiger partial charge on any atom is 0.221 e. The number of amidine groups is 1. The van der Waals surface area contributed by atoms with Gasteiger partial charge in [-0.25, -0.2) is 0 Å². The molecule has 1 heterocycles. The topological polar surface area (TPSA) is 53.5 Å².